The van der Waals surface area contributed by atoms with Crippen LogP contribution in [0.5, 0.6) is 0 Å². The van der Waals surface area contributed by atoms with Gasteiger partial charge in [-0.25, -0.2) is 0 Å². The molecule has 0 aromatic rings. The number of methoxy groups -OCH3 is 1. The Balaban J connectivity index is 3.44. The monoisotopic (exact) mass is 203 g/mol. The summed E-state index contributed by atoms with van der Waals surface area (Å²) in [6.07, 6.45) is 2.50. The second kappa shape index (κ2) is 8.93. The molecular weight excluding hydrogens is 182 g/mol. The van der Waals surface area contributed by atoms with Gasteiger partial charge >= 0.3 is 0 Å². The van der Waals surface area contributed by atoms with Crippen molar-refractivity contribution in [2.24, 2.45) is 11.5 Å². The van der Waals surface area contributed by atoms with Crippen LogP contribution in [0.2, 0.25) is 0 Å². The summed E-state index contributed by atoms with van der Waals surface area (Å²) in [7, 11) is 1.59. The van der Waals surface area contributed by atoms with Gasteiger partial charge in [-0.15, -0.1) is 0 Å². The summed E-state index contributed by atoms with van der Waals surface area (Å²) in [5.41, 5.74) is 11.0. The lowest BCUT2D eigenvalue weighted by molar-refractivity contribution is -0.122. The Kier molecular flexibility index (Phi) is 8.51. The maximum atomic E-state index is 11.3. The van der Waals surface area contributed by atoms with E-state index in [0.717, 1.165) is 12.8 Å². The number of ether oxygens (including phenoxy) is 1. The zero-order valence-corrected chi connectivity index (χ0v) is 8.79. The Morgan fingerprint density at radius 2 is 2.21 bits per heavy atom. The molecule has 14 heavy (non-hydrogen) atoms. The van der Waals surface area contributed by atoms with E-state index in [0.29, 0.717) is 26.1 Å². The predicted molar refractivity (Wildman–Crippen MR) is 55.8 cm³/mol. The van der Waals surface area contributed by atoms with Crippen LogP contribution < -0.4 is 16.8 Å². The van der Waals surface area contributed by atoms with E-state index in [1.165, 1.54) is 0 Å². The molecule has 84 valence electrons. The van der Waals surface area contributed by atoms with E-state index in [1.54, 1.807) is 7.11 Å². The summed E-state index contributed by atoms with van der Waals surface area (Å²) in [6.45, 7) is 1.68. The van der Waals surface area contributed by atoms with E-state index >= 15 is 0 Å². The molecule has 0 unspecified atom stereocenters. The third-order valence-electron chi connectivity index (χ3n) is 1.91. The van der Waals surface area contributed by atoms with E-state index in [9.17, 15) is 4.79 Å². The van der Waals surface area contributed by atoms with Gasteiger partial charge in [0.05, 0.1) is 12.6 Å². The van der Waals surface area contributed by atoms with Crippen molar-refractivity contribution in [3.05, 3.63) is 0 Å². The van der Waals surface area contributed by atoms with Gasteiger partial charge in [-0.3, -0.25) is 4.79 Å². The van der Waals surface area contributed by atoms with Crippen LogP contribution in [0.15, 0.2) is 0 Å². The molecule has 5 heteroatoms. The van der Waals surface area contributed by atoms with Gasteiger partial charge < -0.3 is 21.5 Å². The Bertz CT molecular complexity index is 153. The molecule has 1 atom stereocenters. The molecule has 0 aliphatic carbocycles. The van der Waals surface area contributed by atoms with Crippen molar-refractivity contribution in [2.45, 2.75) is 25.3 Å². The first-order valence-electron chi connectivity index (χ1n) is 4.94. The number of rotatable bonds is 8. The van der Waals surface area contributed by atoms with Crippen LogP contribution in [0.1, 0.15) is 19.3 Å². The molecule has 0 rings (SSSR count). The first kappa shape index (κ1) is 13.4. The average Bonchev–Trinajstić information content (AvgIpc) is 2.18. The Labute approximate surface area is 85.2 Å². The number of nitrogens with two attached hydrogens (primary N) is 2. The third-order valence-corrected chi connectivity index (χ3v) is 1.91. The van der Waals surface area contributed by atoms with Gasteiger partial charge in [0.2, 0.25) is 5.91 Å². The summed E-state index contributed by atoms with van der Waals surface area (Å²) in [5.74, 6) is -0.112. The minimum Gasteiger partial charge on any atom is -0.383 e. The smallest absolute Gasteiger partial charge is 0.236 e. The van der Waals surface area contributed by atoms with Gasteiger partial charge in [0.1, 0.15) is 0 Å². The molecule has 0 aliphatic rings. The summed E-state index contributed by atoms with van der Waals surface area (Å²) in [4.78, 5) is 11.3. The van der Waals surface area contributed by atoms with Gasteiger partial charge in [-0.05, 0) is 19.4 Å². The van der Waals surface area contributed by atoms with Crippen molar-refractivity contribution in [1.29, 1.82) is 0 Å². The highest BCUT2D eigenvalue weighted by Gasteiger charge is 2.11. The lowest BCUT2D eigenvalue weighted by Crippen LogP contribution is -2.41. The molecule has 5 N–H and O–H groups in total. The predicted octanol–water partition coefficient (Wildman–Crippen LogP) is -0.795. The van der Waals surface area contributed by atoms with Gasteiger partial charge in [-0.2, -0.15) is 0 Å². The first-order chi connectivity index (χ1) is 6.72. The van der Waals surface area contributed by atoms with Gasteiger partial charge in [0.15, 0.2) is 0 Å². The van der Waals surface area contributed by atoms with Crippen LogP contribution >= 0.6 is 0 Å². The molecule has 0 saturated carbocycles. The fourth-order valence-electron chi connectivity index (χ4n) is 1.05. The summed E-state index contributed by atoms with van der Waals surface area (Å²) >= 11 is 0. The van der Waals surface area contributed by atoms with Gasteiger partial charge in [0.25, 0.3) is 0 Å². The van der Waals surface area contributed by atoms with E-state index in [2.05, 4.69) is 5.32 Å². The molecule has 0 saturated heterocycles. The van der Waals surface area contributed by atoms with E-state index in [4.69, 9.17) is 16.2 Å². The standard InChI is InChI=1S/C9H21N3O2/c1-14-7-6-12-9(13)8(11)4-2-3-5-10/h8H,2-7,10-11H2,1H3,(H,12,13)/t8-/m0/s1. The number of hydrogen-bond acceptors (Lipinski definition) is 4. The lowest BCUT2D eigenvalue weighted by Gasteiger charge is -2.11. The number of carbonyl (C=O) groups is 1. The Morgan fingerprint density at radius 3 is 2.79 bits per heavy atom. The number of amides is 1. The van der Waals surface area contributed by atoms with E-state index < -0.39 is 6.04 Å². The Hall–Kier alpha value is -0.650. The quantitative estimate of drug-likeness (QED) is 0.451. The zero-order valence-electron chi connectivity index (χ0n) is 8.79. The van der Waals surface area contributed by atoms with Crippen molar-refractivity contribution >= 4 is 5.91 Å². The molecular formula is C9H21N3O2. The largest absolute Gasteiger partial charge is 0.383 e. The van der Waals surface area contributed by atoms with Crippen LogP contribution in [0.4, 0.5) is 0 Å². The zero-order chi connectivity index (χ0) is 10.8. The molecule has 0 aromatic carbocycles. The second-order valence-electron chi connectivity index (χ2n) is 3.17. The fourth-order valence-corrected chi connectivity index (χ4v) is 1.05. The molecule has 0 aliphatic heterocycles. The number of carbonyl (C=O) groups excluding carboxylic acids is 1. The van der Waals surface area contributed by atoms with Gasteiger partial charge in [-0.1, -0.05) is 6.42 Å². The van der Waals surface area contributed by atoms with Crippen molar-refractivity contribution in [3.63, 3.8) is 0 Å². The van der Waals surface area contributed by atoms with Crippen LogP contribution in [-0.4, -0.2) is 38.8 Å². The van der Waals surface area contributed by atoms with Crippen LogP contribution in [0, 0.1) is 0 Å². The number of nitrogens with one attached hydrogen (secondary N) is 1. The molecule has 0 bridgehead atoms. The molecule has 5 nitrogen and oxygen atoms in total. The lowest BCUT2D eigenvalue weighted by atomic mass is 10.1. The van der Waals surface area contributed by atoms with Crippen molar-refractivity contribution in [1.82, 2.24) is 5.32 Å². The second-order valence-corrected chi connectivity index (χ2v) is 3.17. The van der Waals surface area contributed by atoms with Crippen molar-refractivity contribution in [2.75, 3.05) is 26.8 Å². The highest BCUT2D eigenvalue weighted by Crippen LogP contribution is 1.97. The highest BCUT2D eigenvalue weighted by molar-refractivity contribution is 5.81. The topological polar surface area (TPSA) is 90.4 Å². The van der Waals surface area contributed by atoms with Crippen LogP contribution in [-0.2, 0) is 9.53 Å². The molecule has 0 radical (unpaired) electrons. The minimum absolute atomic E-state index is 0.112. The third kappa shape index (κ3) is 6.82. The minimum atomic E-state index is -0.418. The van der Waals surface area contributed by atoms with E-state index in [1.807, 2.05) is 0 Å². The van der Waals surface area contributed by atoms with E-state index in [-0.39, 0.29) is 5.91 Å². The first-order valence-corrected chi connectivity index (χ1v) is 4.94. The Morgan fingerprint density at radius 1 is 1.50 bits per heavy atom. The fraction of sp³-hybridized carbons (Fsp3) is 0.889. The summed E-state index contributed by atoms with van der Waals surface area (Å²) in [6, 6.07) is -0.418. The summed E-state index contributed by atoms with van der Waals surface area (Å²) < 4.78 is 4.80. The van der Waals surface area contributed by atoms with Crippen molar-refractivity contribution < 1.29 is 9.53 Å². The molecule has 0 aromatic heterocycles. The number of hydrogen-bond donors (Lipinski definition) is 3. The van der Waals surface area contributed by atoms with Crippen molar-refractivity contribution in [3.8, 4) is 0 Å². The average molecular weight is 203 g/mol. The maximum Gasteiger partial charge on any atom is 0.236 e. The molecule has 1 amide bonds. The van der Waals surface area contributed by atoms with Gasteiger partial charge in [0, 0.05) is 13.7 Å². The van der Waals surface area contributed by atoms with Crippen LogP contribution in [0.3, 0.4) is 0 Å². The molecule has 0 heterocycles. The molecule has 0 fully saturated rings. The SMILES string of the molecule is COCCNC(=O)[C@@H](N)CCCCN. The normalized spacial score (nSPS) is 12.5. The number of unbranched alkanes of at least 4 members (excludes halogenated alkanes) is 1. The maximum absolute atomic E-state index is 11.3. The molecule has 0 spiro atoms. The van der Waals surface area contributed by atoms with Crippen LogP contribution in [0.25, 0.3) is 0 Å². The highest BCUT2D eigenvalue weighted by atomic mass is 16.5. The summed E-state index contributed by atoms with van der Waals surface area (Å²) in [5, 5.41) is 2.69.